The monoisotopic (exact) mass is 214 g/mol. The summed E-state index contributed by atoms with van der Waals surface area (Å²) in [5, 5.41) is 3.58. The van der Waals surface area contributed by atoms with Crippen molar-refractivity contribution in [3.8, 4) is 0 Å². The van der Waals surface area contributed by atoms with E-state index in [1.807, 2.05) is 0 Å². The highest BCUT2D eigenvalue weighted by Crippen LogP contribution is 2.12. The van der Waals surface area contributed by atoms with Crippen LogP contribution in [0.3, 0.4) is 0 Å². The molecule has 0 radical (unpaired) electrons. The van der Waals surface area contributed by atoms with Gasteiger partial charge in [-0.05, 0) is 52.1 Å². The van der Waals surface area contributed by atoms with Crippen LogP contribution in [0.4, 0.5) is 0 Å². The van der Waals surface area contributed by atoms with Crippen molar-refractivity contribution in [2.75, 3.05) is 13.1 Å². The molecule has 15 heavy (non-hydrogen) atoms. The molecule has 0 amide bonds. The lowest BCUT2D eigenvalue weighted by molar-refractivity contribution is 0.353. The van der Waals surface area contributed by atoms with Crippen molar-refractivity contribution in [3.05, 3.63) is 0 Å². The lowest BCUT2D eigenvalue weighted by atomic mass is 9.98. The first-order valence-corrected chi connectivity index (χ1v) is 6.47. The first kappa shape index (κ1) is 14.9. The van der Waals surface area contributed by atoms with E-state index in [-0.39, 0.29) is 5.54 Å². The van der Waals surface area contributed by atoms with Gasteiger partial charge in [-0.25, -0.2) is 0 Å². The molecule has 0 bridgehead atoms. The van der Waals surface area contributed by atoms with Gasteiger partial charge in [0.05, 0.1) is 0 Å². The maximum Gasteiger partial charge on any atom is 0.0137 e. The van der Waals surface area contributed by atoms with Crippen LogP contribution in [-0.4, -0.2) is 18.6 Å². The van der Waals surface area contributed by atoms with Gasteiger partial charge in [-0.3, -0.25) is 0 Å². The van der Waals surface area contributed by atoms with Gasteiger partial charge in [0, 0.05) is 5.54 Å². The Bertz CT molecular complexity index is 143. The molecule has 1 atom stereocenters. The van der Waals surface area contributed by atoms with Gasteiger partial charge < -0.3 is 11.1 Å². The number of hydrogen-bond acceptors (Lipinski definition) is 2. The normalized spacial score (nSPS) is 14.2. The second-order valence-corrected chi connectivity index (χ2v) is 5.39. The average molecular weight is 214 g/mol. The van der Waals surface area contributed by atoms with Crippen molar-refractivity contribution < 1.29 is 0 Å². The Labute approximate surface area is 96.0 Å². The fourth-order valence-corrected chi connectivity index (χ4v) is 1.96. The molecule has 0 aliphatic heterocycles. The summed E-state index contributed by atoms with van der Waals surface area (Å²) in [6.07, 6.45) is 6.37. The Hall–Kier alpha value is -0.0800. The Balaban J connectivity index is 3.44. The summed E-state index contributed by atoms with van der Waals surface area (Å²) in [6.45, 7) is 11.0. The van der Waals surface area contributed by atoms with Crippen LogP contribution in [0.25, 0.3) is 0 Å². The molecule has 0 saturated carbocycles. The predicted octanol–water partition coefficient (Wildman–Crippen LogP) is 2.92. The van der Waals surface area contributed by atoms with E-state index in [4.69, 9.17) is 5.73 Å². The van der Waals surface area contributed by atoms with Crippen LogP contribution in [0.2, 0.25) is 0 Å². The number of nitrogens with two attached hydrogens (primary N) is 1. The SMILES string of the molecule is CCCC(C)CCCNC(C)(C)CCN. The third kappa shape index (κ3) is 8.88. The van der Waals surface area contributed by atoms with Gasteiger partial charge in [0.25, 0.3) is 0 Å². The number of nitrogens with one attached hydrogen (secondary N) is 1. The van der Waals surface area contributed by atoms with E-state index in [0.29, 0.717) is 0 Å². The smallest absolute Gasteiger partial charge is 0.0137 e. The zero-order valence-corrected chi connectivity index (χ0v) is 11.1. The molecule has 0 aliphatic carbocycles. The van der Waals surface area contributed by atoms with Crippen molar-refractivity contribution in [3.63, 3.8) is 0 Å². The first-order valence-electron chi connectivity index (χ1n) is 6.47. The van der Waals surface area contributed by atoms with Gasteiger partial charge in [-0.1, -0.05) is 26.7 Å². The molecule has 0 aromatic rings. The highest BCUT2D eigenvalue weighted by Gasteiger charge is 2.14. The molecule has 0 aromatic carbocycles. The minimum Gasteiger partial charge on any atom is -0.330 e. The van der Waals surface area contributed by atoms with E-state index in [9.17, 15) is 0 Å². The van der Waals surface area contributed by atoms with Crippen molar-refractivity contribution in [1.29, 1.82) is 0 Å². The minimum atomic E-state index is 0.211. The van der Waals surface area contributed by atoms with Gasteiger partial charge in [0.15, 0.2) is 0 Å². The van der Waals surface area contributed by atoms with Crippen LogP contribution in [0.5, 0.6) is 0 Å². The second-order valence-electron chi connectivity index (χ2n) is 5.39. The highest BCUT2D eigenvalue weighted by molar-refractivity contribution is 4.77. The summed E-state index contributed by atoms with van der Waals surface area (Å²) in [6, 6.07) is 0. The molecule has 0 spiro atoms. The quantitative estimate of drug-likeness (QED) is 0.579. The fraction of sp³-hybridized carbons (Fsp3) is 1.00. The van der Waals surface area contributed by atoms with E-state index in [2.05, 4.69) is 33.0 Å². The third-order valence-electron chi connectivity index (χ3n) is 3.03. The molecule has 0 aromatic heterocycles. The summed E-state index contributed by atoms with van der Waals surface area (Å²) in [7, 11) is 0. The Kier molecular flexibility index (Phi) is 8.07. The Morgan fingerprint density at radius 3 is 2.47 bits per heavy atom. The summed E-state index contributed by atoms with van der Waals surface area (Å²) in [4.78, 5) is 0. The van der Waals surface area contributed by atoms with Crippen LogP contribution in [0.15, 0.2) is 0 Å². The summed E-state index contributed by atoms with van der Waals surface area (Å²) in [5.41, 5.74) is 5.78. The minimum absolute atomic E-state index is 0.211. The van der Waals surface area contributed by atoms with E-state index < -0.39 is 0 Å². The van der Waals surface area contributed by atoms with Gasteiger partial charge in [0.1, 0.15) is 0 Å². The van der Waals surface area contributed by atoms with Crippen molar-refractivity contribution in [1.82, 2.24) is 5.32 Å². The van der Waals surface area contributed by atoms with Gasteiger partial charge in [-0.2, -0.15) is 0 Å². The molecule has 2 nitrogen and oxygen atoms in total. The molecule has 92 valence electrons. The molecule has 1 unspecified atom stereocenters. The standard InChI is InChI=1S/C13H30N2/c1-5-7-12(2)8-6-11-15-13(3,4)9-10-14/h12,15H,5-11,14H2,1-4H3. The molecule has 0 aliphatic rings. The van der Waals surface area contributed by atoms with Gasteiger partial charge in [-0.15, -0.1) is 0 Å². The van der Waals surface area contributed by atoms with Crippen LogP contribution in [0.1, 0.15) is 59.8 Å². The van der Waals surface area contributed by atoms with Crippen molar-refractivity contribution >= 4 is 0 Å². The zero-order valence-electron chi connectivity index (χ0n) is 11.1. The lowest BCUT2D eigenvalue weighted by Gasteiger charge is -2.26. The summed E-state index contributed by atoms with van der Waals surface area (Å²) >= 11 is 0. The maximum absolute atomic E-state index is 5.57. The van der Waals surface area contributed by atoms with E-state index >= 15 is 0 Å². The Morgan fingerprint density at radius 1 is 1.27 bits per heavy atom. The largest absolute Gasteiger partial charge is 0.330 e. The topological polar surface area (TPSA) is 38.0 Å². The van der Waals surface area contributed by atoms with Crippen molar-refractivity contribution in [2.45, 2.75) is 65.3 Å². The van der Waals surface area contributed by atoms with Crippen LogP contribution in [-0.2, 0) is 0 Å². The molecule has 0 saturated heterocycles. The molecular weight excluding hydrogens is 184 g/mol. The van der Waals surface area contributed by atoms with E-state index in [0.717, 1.165) is 25.4 Å². The van der Waals surface area contributed by atoms with Crippen LogP contribution in [0, 0.1) is 5.92 Å². The predicted molar refractivity (Wildman–Crippen MR) is 69.1 cm³/mol. The average Bonchev–Trinajstić information content (AvgIpc) is 2.13. The van der Waals surface area contributed by atoms with E-state index in [1.165, 1.54) is 25.7 Å². The molecule has 0 rings (SSSR count). The highest BCUT2D eigenvalue weighted by atomic mass is 14.9. The Morgan fingerprint density at radius 2 is 1.93 bits per heavy atom. The maximum atomic E-state index is 5.57. The summed E-state index contributed by atoms with van der Waals surface area (Å²) < 4.78 is 0. The molecule has 0 fully saturated rings. The summed E-state index contributed by atoms with van der Waals surface area (Å²) in [5.74, 6) is 0.884. The van der Waals surface area contributed by atoms with Crippen LogP contribution < -0.4 is 11.1 Å². The molecule has 2 heteroatoms. The number of rotatable bonds is 9. The second kappa shape index (κ2) is 8.12. The first-order chi connectivity index (χ1) is 7.02. The van der Waals surface area contributed by atoms with Gasteiger partial charge >= 0.3 is 0 Å². The van der Waals surface area contributed by atoms with Crippen molar-refractivity contribution in [2.24, 2.45) is 11.7 Å². The van der Waals surface area contributed by atoms with E-state index in [1.54, 1.807) is 0 Å². The zero-order chi connectivity index (χ0) is 11.7. The fourth-order valence-electron chi connectivity index (χ4n) is 1.96. The van der Waals surface area contributed by atoms with Gasteiger partial charge in [0.2, 0.25) is 0 Å². The molecular formula is C13H30N2. The van der Waals surface area contributed by atoms with Crippen LogP contribution >= 0.6 is 0 Å². The number of hydrogen-bond donors (Lipinski definition) is 2. The lowest BCUT2D eigenvalue weighted by Crippen LogP contribution is -2.41. The molecule has 0 heterocycles. The molecule has 3 N–H and O–H groups in total. The third-order valence-corrected chi connectivity index (χ3v) is 3.03.